The Labute approximate surface area is 192 Å². The van der Waals surface area contributed by atoms with Crippen LogP contribution in [0.25, 0.3) is 11.0 Å². The average Bonchev–Trinajstić information content (AvgIpc) is 3.20. The van der Waals surface area contributed by atoms with Crippen LogP contribution in [0.1, 0.15) is 21.7 Å². The van der Waals surface area contributed by atoms with Crippen molar-refractivity contribution >= 4 is 51.5 Å². The van der Waals surface area contributed by atoms with Gasteiger partial charge in [0, 0.05) is 35.7 Å². The number of rotatable bonds is 6. The van der Waals surface area contributed by atoms with Crippen LogP contribution in [0.3, 0.4) is 0 Å². The van der Waals surface area contributed by atoms with Gasteiger partial charge in [0.25, 0.3) is 5.91 Å². The third-order valence-electron chi connectivity index (χ3n) is 4.57. The third-order valence-corrected chi connectivity index (χ3v) is 5.14. The number of aromatic nitrogens is 2. The molecule has 10 heteroatoms. The summed E-state index contributed by atoms with van der Waals surface area (Å²) in [7, 11) is 2.92. The van der Waals surface area contributed by atoms with Gasteiger partial charge < -0.3 is 19.3 Å². The molecule has 4 rings (SSSR count). The first kappa shape index (κ1) is 21.6. The molecule has 0 saturated heterocycles. The molecule has 32 heavy (non-hydrogen) atoms. The molecule has 0 spiro atoms. The smallest absolute Gasteiger partial charge is 0.260 e. The molecule has 0 saturated carbocycles. The maximum absolute atomic E-state index is 13.5. The molecule has 1 N–H and O–H groups in total. The van der Waals surface area contributed by atoms with E-state index in [1.807, 2.05) is 0 Å². The Kier molecular flexibility index (Phi) is 6.25. The second-order valence-electron chi connectivity index (χ2n) is 6.43. The lowest BCUT2D eigenvalue weighted by atomic mass is 10.0. The highest BCUT2D eigenvalue weighted by atomic mass is 35.5. The molecule has 0 atom stereocenters. The summed E-state index contributed by atoms with van der Waals surface area (Å²) in [5.74, 6) is 0.116. The van der Waals surface area contributed by atoms with Crippen molar-refractivity contribution in [2.24, 2.45) is 5.16 Å². The fraction of sp³-hybridized carbons (Fsp3) is 0.0909. The number of carbonyl (C=O) groups excluding carboxylic acids is 1. The monoisotopic (exact) mass is 470 g/mol. The van der Waals surface area contributed by atoms with Gasteiger partial charge in [0.05, 0.1) is 28.4 Å². The van der Waals surface area contributed by atoms with Crippen molar-refractivity contribution in [1.82, 2.24) is 9.97 Å². The number of halogens is 2. The summed E-state index contributed by atoms with van der Waals surface area (Å²) < 4.78 is 11.5. The van der Waals surface area contributed by atoms with Crippen LogP contribution in [-0.4, -0.2) is 35.8 Å². The zero-order chi connectivity index (χ0) is 22.7. The largest absolute Gasteiger partial charge is 0.493 e. The number of fused-ring (bicyclic) bond motifs is 1. The number of anilines is 1. The summed E-state index contributed by atoms with van der Waals surface area (Å²) in [6, 6.07) is 8.67. The first-order valence-corrected chi connectivity index (χ1v) is 10.0. The number of amides is 1. The predicted molar refractivity (Wildman–Crippen MR) is 122 cm³/mol. The lowest BCUT2D eigenvalue weighted by Crippen LogP contribution is -2.17. The van der Waals surface area contributed by atoms with Crippen molar-refractivity contribution in [3.05, 3.63) is 82.1 Å². The van der Waals surface area contributed by atoms with E-state index in [2.05, 4.69) is 20.4 Å². The Morgan fingerprint density at radius 2 is 1.78 bits per heavy atom. The molecule has 0 bridgehead atoms. The summed E-state index contributed by atoms with van der Waals surface area (Å²) in [5.41, 5.74) is 1.74. The maximum atomic E-state index is 13.5. The van der Waals surface area contributed by atoms with Crippen LogP contribution in [0.5, 0.6) is 5.75 Å². The number of para-hydroxylation sites is 1. The van der Waals surface area contributed by atoms with E-state index in [4.69, 9.17) is 37.2 Å². The number of methoxy groups -OCH3 is 1. The van der Waals surface area contributed by atoms with Crippen LogP contribution in [0, 0.1) is 0 Å². The van der Waals surface area contributed by atoms with Crippen LogP contribution in [-0.2, 0) is 4.84 Å². The molecule has 8 nitrogen and oxygen atoms in total. The number of pyridine rings is 2. The number of nitrogens with zero attached hydrogens (tertiary/aromatic N) is 3. The number of carbonyl (C=O) groups is 1. The van der Waals surface area contributed by atoms with Crippen LogP contribution in [0.4, 0.5) is 5.69 Å². The molecule has 4 aromatic rings. The van der Waals surface area contributed by atoms with Crippen LogP contribution in [0.15, 0.2) is 64.7 Å². The SMILES string of the molecule is CO/N=C(\c1ccncc1)c1oc2c(OC)cccc2c1C(=O)Nc1c(Cl)cncc1Cl. The van der Waals surface area contributed by atoms with Gasteiger partial charge in [0.2, 0.25) is 0 Å². The highest BCUT2D eigenvalue weighted by Gasteiger charge is 2.28. The van der Waals surface area contributed by atoms with Crippen LogP contribution in [0.2, 0.25) is 10.0 Å². The molecular formula is C22H16Cl2N4O4. The Balaban J connectivity index is 1.94. The molecule has 0 aliphatic heterocycles. The van der Waals surface area contributed by atoms with Gasteiger partial charge in [0.15, 0.2) is 22.8 Å². The van der Waals surface area contributed by atoms with Crippen molar-refractivity contribution in [2.45, 2.75) is 0 Å². The molecular weight excluding hydrogens is 455 g/mol. The lowest BCUT2D eigenvalue weighted by molar-refractivity contribution is 0.102. The van der Waals surface area contributed by atoms with E-state index in [-0.39, 0.29) is 27.1 Å². The number of hydrogen-bond donors (Lipinski definition) is 1. The molecule has 1 amide bonds. The fourth-order valence-electron chi connectivity index (χ4n) is 3.18. The van der Waals surface area contributed by atoms with E-state index in [1.54, 1.807) is 42.7 Å². The second kappa shape index (κ2) is 9.25. The van der Waals surface area contributed by atoms with Gasteiger partial charge in [-0.1, -0.05) is 40.5 Å². The van der Waals surface area contributed by atoms with Gasteiger partial charge in [-0.15, -0.1) is 0 Å². The van der Waals surface area contributed by atoms with Crippen molar-refractivity contribution in [3.63, 3.8) is 0 Å². The molecule has 0 radical (unpaired) electrons. The molecule has 162 valence electrons. The number of hydrogen-bond acceptors (Lipinski definition) is 7. The highest BCUT2D eigenvalue weighted by Crippen LogP contribution is 2.36. The minimum Gasteiger partial charge on any atom is -0.493 e. The zero-order valence-corrected chi connectivity index (χ0v) is 18.4. The van der Waals surface area contributed by atoms with Gasteiger partial charge in [-0.3, -0.25) is 14.8 Å². The normalized spacial score (nSPS) is 11.4. The average molecular weight is 471 g/mol. The molecule has 0 unspecified atom stereocenters. The van der Waals surface area contributed by atoms with Crippen LogP contribution < -0.4 is 10.1 Å². The minimum atomic E-state index is -0.514. The van der Waals surface area contributed by atoms with Gasteiger partial charge in [0.1, 0.15) is 7.11 Å². The minimum absolute atomic E-state index is 0.177. The predicted octanol–water partition coefficient (Wildman–Crippen LogP) is 5.19. The maximum Gasteiger partial charge on any atom is 0.260 e. The molecule has 0 fully saturated rings. The topological polar surface area (TPSA) is 98.8 Å². The summed E-state index contributed by atoms with van der Waals surface area (Å²) in [6.45, 7) is 0. The lowest BCUT2D eigenvalue weighted by Gasteiger charge is -2.10. The summed E-state index contributed by atoms with van der Waals surface area (Å²) >= 11 is 12.4. The highest BCUT2D eigenvalue weighted by molar-refractivity contribution is 6.40. The van der Waals surface area contributed by atoms with Crippen LogP contribution >= 0.6 is 23.2 Å². The summed E-state index contributed by atoms with van der Waals surface area (Å²) in [4.78, 5) is 26.5. The Bertz CT molecular complexity index is 1300. The molecule has 3 aromatic heterocycles. The van der Waals surface area contributed by atoms with Crippen molar-refractivity contribution in [1.29, 1.82) is 0 Å². The van der Waals surface area contributed by atoms with E-state index in [9.17, 15) is 4.79 Å². The number of ether oxygens (including phenoxy) is 1. The summed E-state index contributed by atoms with van der Waals surface area (Å²) in [5, 5.41) is 7.76. The van der Waals surface area contributed by atoms with E-state index in [0.717, 1.165) is 0 Å². The fourth-order valence-corrected chi connectivity index (χ4v) is 3.64. The van der Waals surface area contributed by atoms with E-state index < -0.39 is 5.91 Å². The zero-order valence-electron chi connectivity index (χ0n) is 16.9. The third kappa shape index (κ3) is 3.98. The first-order chi connectivity index (χ1) is 15.5. The molecule has 3 heterocycles. The Morgan fingerprint density at radius 1 is 1.06 bits per heavy atom. The van der Waals surface area contributed by atoms with E-state index in [0.29, 0.717) is 28.0 Å². The number of nitrogens with one attached hydrogen (secondary N) is 1. The second-order valence-corrected chi connectivity index (χ2v) is 7.25. The van der Waals surface area contributed by atoms with Gasteiger partial charge in [-0.25, -0.2) is 0 Å². The van der Waals surface area contributed by atoms with Crippen molar-refractivity contribution in [3.8, 4) is 5.75 Å². The van der Waals surface area contributed by atoms with Crippen molar-refractivity contribution in [2.75, 3.05) is 19.5 Å². The summed E-state index contributed by atoms with van der Waals surface area (Å²) in [6.07, 6.45) is 5.96. The van der Waals surface area contributed by atoms with E-state index in [1.165, 1.54) is 26.6 Å². The standard InChI is InChI=1S/C22H16Cl2N4O4/c1-30-16-5-3-4-13-17(22(29)27-19-14(23)10-26-11-15(19)24)21(32-20(13)16)18(28-31-2)12-6-8-25-9-7-12/h3-11H,1-2H3,(H,26,27,29)/b28-18+. The van der Waals surface area contributed by atoms with Gasteiger partial charge >= 0.3 is 0 Å². The van der Waals surface area contributed by atoms with Gasteiger partial charge in [-0.2, -0.15) is 0 Å². The number of benzene rings is 1. The molecule has 0 aliphatic rings. The Morgan fingerprint density at radius 3 is 2.44 bits per heavy atom. The Hall–Kier alpha value is -3.62. The van der Waals surface area contributed by atoms with Crippen molar-refractivity contribution < 1.29 is 18.8 Å². The molecule has 0 aliphatic carbocycles. The number of furan rings is 1. The molecule has 1 aromatic carbocycles. The van der Waals surface area contributed by atoms with Gasteiger partial charge in [-0.05, 0) is 18.2 Å². The number of oxime groups is 1. The first-order valence-electron chi connectivity index (χ1n) is 9.27. The quantitative estimate of drug-likeness (QED) is 0.307. The van der Waals surface area contributed by atoms with E-state index >= 15 is 0 Å².